The third-order valence-electron chi connectivity index (χ3n) is 5.79. The largest absolute Gasteiger partial charge is 0.0999 e. The summed E-state index contributed by atoms with van der Waals surface area (Å²) in [4.78, 5) is 0. The fourth-order valence-corrected chi connectivity index (χ4v) is 4.19. The van der Waals surface area contributed by atoms with Crippen LogP contribution in [0.25, 0.3) is 0 Å². The standard InChI is InChI=1S/C20H32/c1-15-7-6-8-16(2)10-14-19-17(3)11-13-18(12-9-15)20(19,4)5/h8,18H,1,6-7,9-14H2,2-5H3. The van der Waals surface area contributed by atoms with E-state index < -0.39 is 0 Å². The molecule has 1 atom stereocenters. The molecule has 0 fully saturated rings. The Kier molecular flexibility index (Phi) is 4.94. The van der Waals surface area contributed by atoms with Crippen LogP contribution in [0.5, 0.6) is 0 Å². The molecule has 20 heavy (non-hydrogen) atoms. The molecule has 2 rings (SSSR count). The van der Waals surface area contributed by atoms with Crippen LogP contribution < -0.4 is 0 Å². The first-order valence-electron chi connectivity index (χ1n) is 8.42. The molecule has 0 spiro atoms. The summed E-state index contributed by atoms with van der Waals surface area (Å²) in [7, 11) is 0. The van der Waals surface area contributed by atoms with Crippen molar-refractivity contribution in [3.05, 3.63) is 34.9 Å². The van der Waals surface area contributed by atoms with Crippen LogP contribution in [0, 0.1) is 11.3 Å². The SMILES string of the molecule is C=C1CCC=C(C)CCC2=C(C)CCC(CC1)C2(C)C. The molecule has 0 amide bonds. The molecule has 0 radical (unpaired) electrons. The first kappa shape index (κ1) is 15.6. The van der Waals surface area contributed by atoms with E-state index in [0.717, 1.165) is 5.92 Å². The van der Waals surface area contributed by atoms with Gasteiger partial charge in [-0.15, -0.1) is 0 Å². The maximum atomic E-state index is 4.29. The van der Waals surface area contributed by atoms with Crippen molar-refractivity contribution in [2.24, 2.45) is 11.3 Å². The van der Waals surface area contributed by atoms with Crippen LogP contribution in [0.3, 0.4) is 0 Å². The van der Waals surface area contributed by atoms with E-state index in [1.54, 1.807) is 16.7 Å². The van der Waals surface area contributed by atoms with Crippen LogP contribution in [0.1, 0.15) is 79.1 Å². The molecule has 0 aromatic heterocycles. The van der Waals surface area contributed by atoms with Crippen molar-refractivity contribution < 1.29 is 0 Å². The van der Waals surface area contributed by atoms with Crippen LogP contribution in [0.15, 0.2) is 34.9 Å². The Balaban J connectivity index is 2.27. The Labute approximate surface area is 126 Å². The molecule has 0 saturated carbocycles. The summed E-state index contributed by atoms with van der Waals surface area (Å²) in [6.45, 7) is 13.9. The monoisotopic (exact) mass is 272 g/mol. The summed E-state index contributed by atoms with van der Waals surface area (Å²) in [5.41, 5.74) is 6.85. The lowest BCUT2D eigenvalue weighted by atomic mass is 9.62. The first-order chi connectivity index (χ1) is 9.41. The number of hydrogen-bond acceptors (Lipinski definition) is 0. The van der Waals surface area contributed by atoms with Gasteiger partial charge in [0.2, 0.25) is 0 Å². The van der Waals surface area contributed by atoms with E-state index >= 15 is 0 Å². The Morgan fingerprint density at radius 1 is 1.00 bits per heavy atom. The van der Waals surface area contributed by atoms with Gasteiger partial charge in [0.1, 0.15) is 0 Å². The van der Waals surface area contributed by atoms with Gasteiger partial charge in [-0.25, -0.2) is 0 Å². The summed E-state index contributed by atoms with van der Waals surface area (Å²) in [5.74, 6) is 0.849. The van der Waals surface area contributed by atoms with Gasteiger partial charge in [-0.3, -0.25) is 0 Å². The lowest BCUT2D eigenvalue weighted by Crippen LogP contribution is -2.31. The van der Waals surface area contributed by atoms with Crippen LogP contribution >= 0.6 is 0 Å². The zero-order valence-corrected chi connectivity index (χ0v) is 14.0. The number of fused-ring (bicyclic) bond motifs is 2. The van der Waals surface area contributed by atoms with Gasteiger partial charge >= 0.3 is 0 Å². The second-order valence-electron chi connectivity index (χ2n) is 7.59. The van der Waals surface area contributed by atoms with Gasteiger partial charge in [0, 0.05) is 0 Å². The minimum absolute atomic E-state index is 0.391. The zero-order chi connectivity index (χ0) is 14.8. The third kappa shape index (κ3) is 3.45. The predicted octanol–water partition coefficient (Wildman–Crippen LogP) is 6.60. The van der Waals surface area contributed by atoms with E-state index in [9.17, 15) is 0 Å². The Morgan fingerprint density at radius 2 is 1.70 bits per heavy atom. The fraction of sp³-hybridized carbons (Fsp3) is 0.700. The van der Waals surface area contributed by atoms with Gasteiger partial charge in [0.05, 0.1) is 0 Å². The average molecular weight is 272 g/mol. The molecule has 0 saturated heterocycles. The molecule has 0 aliphatic heterocycles. The highest BCUT2D eigenvalue weighted by atomic mass is 14.4. The van der Waals surface area contributed by atoms with E-state index in [1.165, 1.54) is 56.9 Å². The fourth-order valence-electron chi connectivity index (χ4n) is 4.19. The highest BCUT2D eigenvalue weighted by Crippen LogP contribution is 2.49. The normalized spacial score (nSPS) is 28.5. The van der Waals surface area contributed by atoms with Gasteiger partial charge in [-0.05, 0) is 76.5 Å². The van der Waals surface area contributed by atoms with Crippen molar-refractivity contribution >= 4 is 0 Å². The number of hydrogen-bond donors (Lipinski definition) is 0. The van der Waals surface area contributed by atoms with Crippen LogP contribution in [-0.4, -0.2) is 0 Å². The van der Waals surface area contributed by atoms with E-state index in [-0.39, 0.29) is 0 Å². The van der Waals surface area contributed by atoms with Crippen molar-refractivity contribution in [2.75, 3.05) is 0 Å². The van der Waals surface area contributed by atoms with Crippen LogP contribution in [0.4, 0.5) is 0 Å². The summed E-state index contributed by atoms with van der Waals surface area (Å²) in [6, 6.07) is 0. The van der Waals surface area contributed by atoms with Gasteiger partial charge in [0.15, 0.2) is 0 Å². The molecule has 0 aromatic rings. The highest BCUT2D eigenvalue weighted by molar-refractivity contribution is 5.25. The van der Waals surface area contributed by atoms with Gasteiger partial charge in [0.25, 0.3) is 0 Å². The lowest BCUT2D eigenvalue weighted by Gasteiger charge is -2.43. The quantitative estimate of drug-likeness (QED) is 0.436. The van der Waals surface area contributed by atoms with E-state index in [1.807, 2.05) is 0 Å². The average Bonchev–Trinajstić information content (AvgIpc) is 2.36. The zero-order valence-electron chi connectivity index (χ0n) is 14.0. The molecular weight excluding hydrogens is 240 g/mol. The second kappa shape index (κ2) is 6.33. The van der Waals surface area contributed by atoms with Gasteiger partial charge in [-0.2, -0.15) is 0 Å². The molecule has 0 nitrogen and oxygen atoms in total. The summed E-state index contributed by atoms with van der Waals surface area (Å²) >= 11 is 0. The molecule has 0 N–H and O–H groups in total. The minimum atomic E-state index is 0.391. The molecule has 112 valence electrons. The van der Waals surface area contributed by atoms with Gasteiger partial charge < -0.3 is 0 Å². The lowest BCUT2D eigenvalue weighted by molar-refractivity contribution is 0.208. The minimum Gasteiger partial charge on any atom is -0.0999 e. The Hall–Kier alpha value is -0.780. The topological polar surface area (TPSA) is 0 Å². The van der Waals surface area contributed by atoms with E-state index in [0.29, 0.717) is 5.41 Å². The van der Waals surface area contributed by atoms with Crippen molar-refractivity contribution in [1.29, 1.82) is 0 Å². The summed E-state index contributed by atoms with van der Waals surface area (Å²) in [5, 5.41) is 0. The molecule has 2 aliphatic carbocycles. The molecular formula is C20H32. The summed E-state index contributed by atoms with van der Waals surface area (Å²) < 4.78 is 0. The number of rotatable bonds is 0. The predicted molar refractivity (Wildman–Crippen MR) is 89.8 cm³/mol. The van der Waals surface area contributed by atoms with Gasteiger partial charge in [-0.1, -0.05) is 48.8 Å². The van der Waals surface area contributed by atoms with Crippen LogP contribution in [-0.2, 0) is 0 Å². The smallest absolute Gasteiger partial charge is 0.0114 e. The molecule has 2 aliphatic rings. The molecule has 0 heterocycles. The van der Waals surface area contributed by atoms with Crippen LogP contribution in [0.2, 0.25) is 0 Å². The maximum Gasteiger partial charge on any atom is -0.0114 e. The van der Waals surface area contributed by atoms with Crippen molar-refractivity contribution in [3.63, 3.8) is 0 Å². The molecule has 1 unspecified atom stereocenters. The maximum absolute atomic E-state index is 4.29. The Morgan fingerprint density at radius 3 is 2.45 bits per heavy atom. The molecule has 2 bridgehead atoms. The third-order valence-corrected chi connectivity index (χ3v) is 5.79. The first-order valence-corrected chi connectivity index (χ1v) is 8.42. The summed E-state index contributed by atoms with van der Waals surface area (Å²) in [6.07, 6.45) is 12.6. The Bertz CT molecular complexity index is 431. The van der Waals surface area contributed by atoms with Crippen molar-refractivity contribution in [1.82, 2.24) is 0 Å². The van der Waals surface area contributed by atoms with Crippen molar-refractivity contribution in [3.8, 4) is 0 Å². The second-order valence-corrected chi connectivity index (χ2v) is 7.59. The van der Waals surface area contributed by atoms with E-state index in [2.05, 4.69) is 40.3 Å². The highest BCUT2D eigenvalue weighted by Gasteiger charge is 2.36. The molecule has 0 aromatic carbocycles. The molecule has 0 heteroatoms. The van der Waals surface area contributed by atoms with E-state index in [4.69, 9.17) is 0 Å². The number of allylic oxidation sites excluding steroid dienone is 5. The van der Waals surface area contributed by atoms with Crippen molar-refractivity contribution in [2.45, 2.75) is 79.1 Å².